The molecule has 0 amide bonds. The fraction of sp³-hybridized carbons (Fsp3) is 0.0800. The minimum atomic E-state index is 0.0361. The van der Waals surface area contributed by atoms with Crippen LogP contribution in [0.1, 0.15) is 17.0 Å². The van der Waals surface area contributed by atoms with Crippen LogP contribution >= 0.6 is 11.8 Å². The van der Waals surface area contributed by atoms with E-state index in [0.29, 0.717) is 0 Å². The summed E-state index contributed by atoms with van der Waals surface area (Å²) in [5.74, 6) is 2.77. The summed E-state index contributed by atoms with van der Waals surface area (Å²) >= 11 is 1.61. The zero-order chi connectivity index (χ0) is 18.6. The Bertz CT molecular complexity index is 702. The largest absolute Gasteiger partial charge is 0.298 e. The molecule has 0 aliphatic heterocycles. The molecule has 2 aromatic carbocycles. The predicted molar refractivity (Wildman–Crippen MR) is 112 cm³/mol. The molecule has 2 saturated carbocycles. The molecule has 0 aromatic heterocycles. The molecule has 0 atom stereocenters. The molecule has 2 aromatic rings. The highest BCUT2D eigenvalue weighted by Crippen LogP contribution is 2.51. The van der Waals surface area contributed by atoms with Gasteiger partial charge in [-0.1, -0.05) is 60.7 Å². The van der Waals surface area contributed by atoms with E-state index in [4.69, 9.17) is 0 Å². The number of thioether (sulfide) groups is 1. The number of carbonyl (C=O) groups excluding carboxylic acids is 1. The Morgan fingerprint density at radius 1 is 0.741 bits per heavy atom. The third-order valence-corrected chi connectivity index (χ3v) is 5.71. The van der Waals surface area contributed by atoms with Gasteiger partial charge in [0.15, 0.2) is 0 Å². The molecular formula is C25H20OS. The molecule has 2 aliphatic rings. The predicted octanol–water partition coefficient (Wildman–Crippen LogP) is 5.26. The van der Waals surface area contributed by atoms with E-state index in [1.165, 1.54) is 11.1 Å². The number of carbonyl (C=O) groups is 1. The van der Waals surface area contributed by atoms with Gasteiger partial charge in [0, 0.05) is 17.1 Å². The molecule has 0 unspecified atom stereocenters. The summed E-state index contributed by atoms with van der Waals surface area (Å²) in [6.45, 7) is 0. The molecule has 1 nitrogen and oxygen atoms in total. The van der Waals surface area contributed by atoms with Crippen molar-refractivity contribution in [3.63, 3.8) is 0 Å². The molecule has 0 bridgehead atoms. The van der Waals surface area contributed by atoms with Crippen molar-refractivity contribution in [1.29, 1.82) is 0 Å². The van der Waals surface area contributed by atoms with E-state index in [2.05, 4.69) is 55.0 Å². The van der Waals surface area contributed by atoms with E-state index in [-0.39, 0.29) is 11.7 Å². The third kappa shape index (κ3) is 3.87. The third-order valence-electron chi connectivity index (χ3n) is 4.91. The van der Waals surface area contributed by atoms with Crippen LogP contribution in [0.25, 0.3) is 0 Å². The van der Waals surface area contributed by atoms with Crippen LogP contribution in [0.15, 0.2) is 60.7 Å². The van der Waals surface area contributed by atoms with E-state index < -0.39 is 0 Å². The van der Waals surface area contributed by atoms with Gasteiger partial charge < -0.3 is 0 Å². The normalized spacial score (nSPS) is 19.9. The van der Waals surface area contributed by atoms with Crippen molar-refractivity contribution in [3.8, 4) is 0 Å². The molecule has 10 radical (unpaired) electrons. The molecule has 2 fully saturated rings. The molecule has 0 saturated heterocycles. The first-order valence-electron chi connectivity index (χ1n) is 8.99. The highest BCUT2D eigenvalue weighted by atomic mass is 32.2. The highest BCUT2D eigenvalue weighted by molar-refractivity contribution is 8.01. The monoisotopic (exact) mass is 368 g/mol. The van der Waals surface area contributed by atoms with E-state index >= 15 is 0 Å². The van der Waals surface area contributed by atoms with Gasteiger partial charge in [0.25, 0.3) is 0 Å². The number of hydrogen-bond donors (Lipinski definition) is 0. The molecule has 27 heavy (non-hydrogen) atoms. The summed E-state index contributed by atoms with van der Waals surface area (Å²) in [7, 11) is 0. The van der Waals surface area contributed by atoms with Crippen LogP contribution in [-0.4, -0.2) is 12.0 Å². The van der Waals surface area contributed by atoms with E-state index in [0.717, 1.165) is 23.0 Å². The molecule has 2 heteroatoms. The van der Waals surface area contributed by atoms with Gasteiger partial charge >= 0.3 is 0 Å². The first-order valence-corrected chi connectivity index (χ1v) is 10.2. The van der Waals surface area contributed by atoms with E-state index in [1.807, 2.05) is 50.5 Å². The summed E-state index contributed by atoms with van der Waals surface area (Å²) in [6.07, 6.45) is 13.9. The minimum absolute atomic E-state index is 0.0361. The van der Waals surface area contributed by atoms with Gasteiger partial charge in [-0.2, -0.15) is 11.8 Å². The van der Waals surface area contributed by atoms with Crippen LogP contribution in [0.4, 0.5) is 0 Å². The second-order valence-corrected chi connectivity index (χ2v) is 7.33. The molecule has 132 valence electrons. The fourth-order valence-electron chi connectivity index (χ4n) is 3.65. The van der Waals surface area contributed by atoms with E-state index in [9.17, 15) is 4.79 Å². The maximum absolute atomic E-state index is 13.3. The average molecular weight is 369 g/mol. The Kier molecular flexibility index (Phi) is 6.02. The maximum Gasteiger partial charge on any atom is 0.149 e. The molecule has 2 aliphatic carbocycles. The van der Waals surface area contributed by atoms with Gasteiger partial charge in [-0.25, -0.2) is 0 Å². The van der Waals surface area contributed by atoms with Gasteiger partial charge in [-0.05, 0) is 55.9 Å². The lowest BCUT2D eigenvalue weighted by Gasteiger charge is -2.29. The summed E-state index contributed by atoms with van der Waals surface area (Å²) in [4.78, 5) is 13.3. The zero-order valence-electron chi connectivity index (χ0n) is 15.1. The van der Waals surface area contributed by atoms with Crippen molar-refractivity contribution in [2.45, 2.75) is 5.92 Å². The summed E-state index contributed by atoms with van der Waals surface area (Å²) in [6, 6.07) is 20.8. The van der Waals surface area contributed by atoms with Crippen molar-refractivity contribution in [1.82, 2.24) is 0 Å². The summed E-state index contributed by atoms with van der Waals surface area (Å²) < 4.78 is 0. The van der Waals surface area contributed by atoms with Gasteiger partial charge in [0.05, 0.1) is 11.8 Å². The van der Waals surface area contributed by atoms with Crippen LogP contribution in [-0.2, 0) is 4.79 Å². The summed E-state index contributed by atoms with van der Waals surface area (Å²) in [5, 5.41) is 1.03. The second kappa shape index (κ2) is 8.65. The van der Waals surface area contributed by atoms with Crippen molar-refractivity contribution in [2.75, 3.05) is 6.26 Å². The number of ketones is 1. The van der Waals surface area contributed by atoms with Crippen LogP contribution < -0.4 is 0 Å². The van der Waals surface area contributed by atoms with Crippen molar-refractivity contribution in [3.05, 3.63) is 133 Å². The standard InChI is InChI=1S/C25H20OS/c1-27-23-17-9-16-22(23)25(26)21-15-8-14-20(21)24(18-10-4-2-5-11-18)19-12-6-3-7-13-19/h2-17,24H,1H3. The van der Waals surface area contributed by atoms with Crippen molar-refractivity contribution < 1.29 is 4.79 Å². The van der Waals surface area contributed by atoms with Crippen LogP contribution in [0.3, 0.4) is 0 Å². The molecule has 0 heterocycles. The van der Waals surface area contributed by atoms with Crippen molar-refractivity contribution >= 4 is 17.5 Å². The second-order valence-electron chi connectivity index (χ2n) is 6.49. The smallest absolute Gasteiger partial charge is 0.149 e. The molecule has 0 N–H and O–H groups in total. The Balaban J connectivity index is 1.66. The minimum Gasteiger partial charge on any atom is -0.298 e. The molecule has 4 rings (SSSR count). The Labute approximate surface area is 168 Å². The Hall–Kier alpha value is -1.54. The summed E-state index contributed by atoms with van der Waals surface area (Å²) in [5.41, 5.74) is 2.38. The number of hydrogen-bond acceptors (Lipinski definition) is 2. The van der Waals surface area contributed by atoms with Gasteiger partial charge in [0.1, 0.15) is 5.78 Å². The Morgan fingerprint density at radius 2 is 1.30 bits per heavy atom. The van der Waals surface area contributed by atoms with Gasteiger partial charge in [-0.15, -0.1) is 0 Å². The fourth-order valence-corrected chi connectivity index (χ4v) is 4.24. The topological polar surface area (TPSA) is 17.1 Å². The van der Waals surface area contributed by atoms with Crippen molar-refractivity contribution in [2.24, 2.45) is 0 Å². The average Bonchev–Trinajstić information content (AvgIpc) is 3.39. The van der Waals surface area contributed by atoms with Crippen LogP contribution in [0, 0.1) is 61.5 Å². The highest BCUT2D eigenvalue weighted by Gasteiger charge is 2.46. The molecule has 0 spiro atoms. The molecular weight excluding hydrogens is 348 g/mol. The van der Waals surface area contributed by atoms with Crippen LogP contribution in [0.5, 0.6) is 0 Å². The lowest BCUT2D eigenvalue weighted by atomic mass is 9.72. The van der Waals surface area contributed by atoms with Gasteiger partial charge in [-0.3, -0.25) is 4.79 Å². The lowest BCUT2D eigenvalue weighted by Crippen LogP contribution is -2.27. The SMILES string of the molecule is CS[C]1[CH][CH][CH][C]1C(=O)[C]1[CH][CH][CH][C]1C(c1ccccc1)c1ccccc1. The zero-order valence-corrected chi connectivity index (χ0v) is 15.9. The van der Waals surface area contributed by atoms with Crippen LogP contribution in [0.2, 0.25) is 0 Å². The Morgan fingerprint density at radius 3 is 1.89 bits per heavy atom. The number of Topliss-reactive ketones (excluding diaryl/α,β-unsaturated/α-hetero) is 1. The quantitative estimate of drug-likeness (QED) is 0.692. The first kappa shape index (κ1) is 18.8. The first-order chi connectivity index (χ1) is 13.3. The van der Waals surface area contributed by atoms with E-state index in [1.54, 1.807) is 11.8 Å². The number of benzene rings is 2. The maximum atomic E-state index is 13.3. The van der Waals surface area contributed by atoms with Gasteiger partial charge in [0.2, 0.25) is 0 Å². The number of rotatable bonds is 6. The lowest BCUT2D eigenvalue weighted by molar-refractivity contribution is -0.114.